The van der Waals surface area contributed by atoms with E-state index in [0.717, 1.165) is 21.2 Å². The van der Waals surface area contributed by atoms with E-state index in [0.29, 0.717) is 9.70 Å². The Hall–Kier alpha value is -2.65. The van der Waals surface area contributed by atoms with Crippen LogP contribution in [-0.2, 0) is 10.0 Å². The predicted octanol–water partition coefficient (Wildman–Crippen LogP) is 2.69. The summed E-state index contributed by atoms with van der Waals surface area (Å²) >= 11 is 1.02. The quantitative estimate of drug-likeness (QED) is 0.747. The highest BCUT2D eigenvalue weighted by molar-refractivity contribution is 7.93. The Morgan fingerprint density at radius 2 is 1.84 bits per heavy atom. The molecule has 0 saturated heterocycles. The number of hydrogen-bond donors (Lipinski definition) is 1. The van der Waals surface area contributed by atoms with E-state index in [4.69, 9.17) is 9.52 Å². The number of aryl methyl sites for hydroxylation is 1. The molecule has 2 heterocycles. The van der Waals surface area contributed by atoms with Gasteiger partial charge in [-0.1, -0.05) is 17.7 Å². The number of rotatable bonds is 4. The van der Waals surface area contributed by atoms with Gasteiger partial charge in [0.25, 0.3) is 10.0 Å². The predicted molar refractivity (Wildman–Crippen MR) is 94.1 cm³/mol. The van der Waals surface area contributed by atoms with Crippen LogP contribution < -0.4 is 9.93 Å². The SMILES string of the molecule is Cc1ccc(S(=O)(=O)N(C)c2cc3oc(=O)c(C(=O)O)cc3s2)cc1. The van der Waals surface area contributed by atoms with Crippen LogP contribution >= 0.6 is 11.3 Å². The molecule has 0 atom stereocenters. The summed E-state index contributed by atoms with van der Waals surface area (Å²) in [7, 11) is -2.40. The highest BCUT2D eigenvalue weighted by atomic mass is 32.2. The molecule has 0 aliphatic carbocycles. The fraction of sp³-hybridized carbons (Fsp3) is 0.125. The van der Waals surface area contributed by atoms with Gasteiger partial charge in [-0.2, -0.15) is 0 Å². The van der Waals surface area contributed by atoms with Crippen molar-refractivity contribution >= 4 is 42.6 Å². The first-order valence-corrected chi connectivity index (χ1v) is 9.32. The number of nitrogens with zero attached hydrogens (tertiary/aromatic N) is 1. The Bertz CT molecular complexity index is 1130. The van der Waals surface area contributed by atoms with Crippen LogP contribution in [0.2, 0.25) is 0 Å². The van der Waals surface area contributed by atoms with Crippen molar-refractivity contribution < 1.29 is 22.7 Å². The normalized spacial score (nSPS) is 11.6. The number of benzene rings is 1. The second-order valence-electron chi connectivity index (χ2n) is 5.35. The number of anilines is 1. The number of sulfonamides is 1. The molecule has 0 amide bonds. The Labute approximate surface area is 146 Å². The molecule has 7 nitrogen and oxygen atoms in total. The van der Waals surface area contributed by atoms with E-state index in [-0.39, 0.29) is 10.5 Å². The molecule has 130 valence electrons. The lowest BCUT2D eigenvalue weighted by molar-refractivity contribution is 0.0692. The maximum absolute atomic E-state index is 12.7. The third kappa shape index (κ3) is 3.03. The van der Waals surface area contributed by atoms with Crippen molar-refractivity contribution in [2.45, 2.75) is 11.8 Å². The molecular weight excluding hydrogens is 366 g/mol. The molecule has 0 unspecified atom stereocenters. The van der Waals surface area contributed by atoms with Crippen molar-refractivity contribution in [2.24, 2.45) is 0 Å². The average molecular weight is 379 g/mol. The highest BCUT2D eigenvalue weighted by Crippen LogP contribution is 2.34. The third-order valence-electron chi connectivity index (χ3n) is 3.63. The first kappa shape index (κ1) is 17.2. The smallest absolute Gasteiger partial charge is 0.351 e. The monoisotopic (exact) mass is 379 g/mol. The Balaban J connectivity index is 2.07. The van der Waals surface area contributed by atoms with Crippen molar-refractivity contribution in [1.82, 2.24) is 0 Å². The minimum Gasteiger partial charge on any atom is -0.477 e. The van der Waals surface area contributed by atoms with Gasteiger partial charge in [-0.3, -0.25) is 4.31 Å². The van der Waals surface area contributed by atoms with Gasteiger partial charge in [0.15, 0.2) is 5.58 Å². The van der Waals surface area contributed by atoms with Gasteiger partial charge >= 0.3 is 11.6 Å². The molecule has 1 N–H and O–H groups in total. The van der Waals surface area contributed by atoms with Gasteiger partial charge in [-0.25, -0.2) is 18.0 Å². The van der Waals surface area contributed by atoms with E-state index in [1.807, 2.05) is 6.92 Å². The maximum atomic E-state index is 12.7. The zero-order valence-electron chi connectivity index (χ0n) is 13.2. The molecule has 3 rings (SSSR count). The van der Waals surface area contributed by atoms with Crippen molar-refractivity contribution in [3.05, 3.63) is 57.9 Å². The van der Waals surface area contributed by atoms with Crippen LogP contribution in [0.3, 0.4) is 0 Å². The van der Waals surface area contributed by atoms with Gasteiger partial charge in [0.2, 0.25) is 0 Å². The number of aromatic carboxylic acids is 1. The van der Waals surface area contributed by atoms with E-state index in [2.05, 4.69) is 0 Å². The van der Waals surface area contributed by atoms with Crippen LogP contribution in [0.1, 0.15) is 15.9 Å². The van der Waals surface area contributed by atoms with Crippen molar-refractivity contribution in [3.8, 4) is 0 Å². The fourth-order valence-corrected chi connectivity index (χ4v) is 4.58. The van der Waals surface area contributed by atoms with Gasteiger partial charge < -0.3 is 9.52 Å². The number of fused-ring (bicyclic) bond motifs is 1. The number of hydrogen-bond acceptors (Lipinski definition) is 6. The summed E-state index contributed by atoms with van der Waals surface area (Å²) in [6.07, 6.45) is 0. The first-order valence-electron chi connectivity index (χ1n) is 7.07. The molecule has 9 heteroatoms. The highest BCUT2D eigenvalue weighted by Gasteiger charge is 2.24. The summed E-state index contributed by atoms with van der Waals surface area (Å²) in [4.78, 5) is 22.8. The van der Waals surface area contributed by atoms with Crippen molar-refractivity contribution in [2.75, 3.05) is 11.4 Å². The molecule has 0 aliphatic rings. The van der Waals surface area contributed by atoms with Gasteiger partial charge in [0.05, 0.1) is 9.60 Å². The second kappa shape index (κ2) is 6.01. The summed E-state index contributed by atoms with van der Waals surface area (Å²) in [6.45, 7) is 1.86. The summed E-state index contributed by atoms with van der Waals surface area (Å²) in [5.41, 5.74) is -0.397. The molecule has 1 aromatic carbocycles. The van der Waals surface area contributed by atoms with Gasteiger partial charge in [0.1, 0.15) is 10.6 Å². The molecular formula is C16H13NO6S2. The van der Waals surface area contributed by atoms with Crippen LogP contribution in [0.5, 0.6) is 0 Å². The summed E-state index contributed by atoms with van der Waals surface area (Å²) < 4.78 is 31.8. The third-order valence-corrected chi connectivity index (χ3v) is 6.67. The van der Waals surface area contributed by atoms with Crippen LogP contribution in [-0.4, -0.2) is 26.5 Å². The average Bonchev–Trinajstić information content (AvgIpc) is 2.96. The Kier molecular flexibility index (Phi) is 4.13. The van der Waals surface area contributed by atoms with E-state index >= 15 is 0 Å². The van der Waals surface area contributed by atoms with E-state index in [1.165, 1.54) is 31.3 Å². The lowest BCUT2D eigenvalue weighted by Gasteiger charge is -2.17. The number of carboxylic acid groups (broad SMARTS) is 1. The minimum absolute atomic E-state index is 0.130. The molecule has 0 aliphatic heterocycles. The van der Waals surface area contributed by atoms with Crippen molar-refractivity contribution in [3.63, 3.8) is 0 Å². The van der Waals surface area contributed by atoms with Crippen molar-refractivity contribution in [1.29, 1.82) is 0 Å². The topological polar surface area (TPSA) is 105 Å². The van der Waals surface area contributed by atoms with E-state index in [9.17, 15) is 18.0 Å². The van der Waals surface area contributed by atoms with E-state index < -0.39 is 27.2 Å². The molecule has 3 aromatic rings. The number of carboxylic acids is 1. The molecule has 0 radical (unpaired) electrons. The van der Waals surface area contributed by atoms with Gasteiger partial charge in [-0.15, -0.1) is 11.3 Å². The van der Waals surface area contributed by atoms with Gasteiger partial charge in [0, 0.05) is 13.1 Å². The van der Waals surface area contributed by atoms with Crippen LogP contribution in [0, 0.1) is 6.92 Å². The molecule has 25 heavy (non-hydrogen) atoms. The fourth-order valence-electron chi connectivity index (χ4n) is 2.19. The van der Waals surface area contributed by atoms with Crippen LogP contribution in [0.4, 0.5) is 5.00 Å². The summed E-state index contributed by atoms with van der Waals surface area (Å²) in [5, 5.41) is 9.29. The molecule has 0 saturated carbocycles. The summed E-state index contributed by atoms with van der Waals surface area (Å²) in [6, 6.07) is 9.00. The zero-order valence-corrected chi connectivity index (χ0v) is 14.8. The first-order chi connectivity index (χ1) is 11.7. The van der Waals surface area contributed by atoms with E-state index in [1.54, 1.807) is 12.1 Å². The standard InChI is InChI=1S/C16H13NO6S2/c1-9-3-5-10(6-4-9)25(21,22)17(2)14-8-12-13(24-14)7-11(15(18)19)16(20)23-12/h3-8H,1-2H3,(H,18,19). The van der Waals surface area contributed by atoms with Gasteiger partial charge in [-0.05, 0) is 25.1 Å². The lowest BCUT2D eigenvalue weighted by atomic mass is 10.2. The molecule has 0 spiro atoms. The minimum atomic E-state index is -3.79. The zero-order chi connectivity index (χ0) is 18.4. The Morgan fingerprint density at radius 1 is 1.20 bits per heavy atom. The second-order valence-corrected chi connectivity index (χ2v) is 8.38. The molecule has 0 bridgehead atoms. The largest absolute Gasteiger partial charge is 0.477 e. The number of carbonyl (C=O) groups is 1. The summed E-state index contributed by atoms with van der Waals surface area (Å²) in [5.74, 6) is -1.40. The lowest BCUT2D eigenvalue weighted by Crippen LogP contribution is -2.25. The molecule has 0 fully saturated rings. The molecule has 2 aromatic heterocycles. The number of thiophene rings is 1. The van der Waals surface area contributed by atoms with Crippen LogP contribution in [0.25, 0.3) is 10.3 Å². The van der Waals surface area contributed by atoms with Crippen LogP contribution in [0.15, 0.2) is 50.5 Å². The Morgan fingerprint density at radius 3 is 2.44 bits per heavy atom. The maximum Gasteiger partial charge on any atom is 0.351 e.